The summed E-state index contributed by atoms with van der Waals surface area (Å²) in [6.07, 6.45) is 2.46. The molecule has 1 heterocycles. The van der Waals surface area contributed by atoms with Crippen LogP contribution in [0.5, 0.6) is 0 Å². The molecule has 0 N–H and O–H groups in total. The molecule has 1 aromatic carbocycles. The molecule has 4 nitrogen and oxygen atoms in total. The molecule has 2 aromatic rings. The second-order valence-electron chi connectivity index (χ2n) is 3.33. The van der Waals surface area contributed by atoms with Gasteiger partial charge in [-0.1, -0.05) is 29.3 Å². The molecule has 0 aliphatic carbocycles. The molecular formula is C10H9ClN2O2S. The lowest BCUT2D eigenvalue weighted by Crippen LogP contribution is -2.11. The first kappa shape index (κ1) is 11.2. The van der Waals surface area contributed by atoms with Crippen LogP contribution >= 0.6 is 11.6 Å². The Balaban J connectivity index is 2.56. The standard InChI is InChI=1S/C10H9ClN2O2S/c1-8-2-4-9(5-3-8)16(14,15)13-7-12-6-10(13)11/h2-7H,1H3. The predicted molar refractivity (Wildman–Crippen MR) is 61.0 cm³/mol. The van der Waals surface area contributed by atoms with E-state index in [0.717, 1.165) is 9.54 Å². The van der Waals surface area contributed by atoms with Gasteiger partial charge in [0.25, 0.3) is 10.0 Å². The van der Waals surface area contributed by atoms with Crippen LogP contribution in [-0.4, -0.2) is 17.4 Å². The topological polar surface area (TPSA) is 52.0 Å². The van der Waals surface area contributed by atoms with Gasteiger partial charge in [0.1, 0.15) is 11.5 Å². The molecule has 0 bridgehead atoms. The van der Waals surface area contributed by atoms with E-state index < -0.39 is 10.0 Å². The third kappa shape index (κ3) is 1.83. The lowest BCUT2D eigenvalue weighted by Gasteiger charge is -2.06. The molecule has 0 saturated heterocycles. The molecule has 0 saturated carbocycles. The van der Waals surface area contributed by atoms with Crippen molar-refractivity contribution >= 4 is 21.6 Å². The van der Waals surface area contributed by atoms with Crippen molar-refractivity contribution < 1.29 is 8.42 Å². The average Bonchev–Trinajstić information content (AvgIpc) is 2.66. The van der Waals surface area contributed by atoms with Gasteiger partial charge in [-0.05, 0) is 19.1 Å². The van der Waals surface area contributed by atoms with Gasteiger partial charge in [0.2, 0.25) is 0 Å². The molecule has 0 spiro atoms. The molecule has 6 heteroatoms. The summed E-state index contributed by atoms with van der Waals surface area (Å²) in [4.78, 5) is 3.88. The molecule has 0 fully saturated rings. The minimum atomic E-state index is -3.62. The van der Waals surface area contributed by atoms with E-state index in [1.54, 1.807) is 24.3 Å². The van der Waals surface area contributed by atoms with E-state index in [1.165, 1.54) is 12.5 Å². The van der Waals surface area contributed by atoms with E-state index in [2.05, 4.69) is 4.98 Å². The number of aromatic nitrogens is 2. The molecule has 0 atom stereocenters. The lowest BCUT2D eigenvalue weighted by molar-refractivity contribution is 0.587. The summed E-state index contributed by atoms with van der Waals surface area (Å²) in [5, 5.41) is 0.0700. The van der Waals surface area contributed by atoms with Crippen molar-refractivity contribution in [3.63, 3.8) is 0 Å². The monoisotopic (exact) mass is 256 g/mol. The highest BCUT2D eigenvalue weighted by atomic mass is 35.5. The molecule has 0 amide bonds. The summed E-state index contributed by atoms with van der Waals surface area (Å²) in [6.45, 7) is 1.89. The highest BCUT2D eigenvalue weighted by Crippen LogP contribution is 2.18. The predicted octanol–water partition coefficient (Wildman–Crippen LogP) is 2.08. The van der Waals surface area contributed by atoms with Gasteiger partial charge in [0.15, 0.2) is 0 Å². The summed E-state index contributed by atoms with van der Waals surface area (Å²) >= 11 is 5.73. The summed E-state index contributed by atoms with van der Waals surface area (Å²) in [6, 6.07) is 6.55. The quantitative estimate of drug-likeness (QED) is 0.827. The third-order valence-electron chi connectivity index (χ3n) is 2.14. The molecular weight excluding hydrogens is 248 g/mol. The van der Waals surface area contributed by atoms with Crippen LogP contribution in [0.15, 0.2) is 41.7 Å². The van der Waals surface area contributed by atoms with Gasteiger partial charge in [-0.25, -0.2) is 17.4 Å². The fraction of sp³-hybridized carbons (Fsp3) is 0.100. The Morgan fingerprint density at radius 1 is 1.25 bits per heavy atom. The fourth-order valence-corrected chi connectivity index (χ4v) is 2.80. The average molecular weight is 257 g/mol. The Morgan fingerprint density at radius 2 is 1.88 bits per heavy atom. The van der Waals surface area contributed by atoms with E-state index in [4.69, 9.17) is 11.6 Å². The van der Waals surface area contributed by atoms with Gasteiger partial charge < -0.3 is 0 Å². The molecule has 0 unspecified atom stereocenters. The number of aryl methyl sites for hydroxylation is 1. The Bertz CT molecular complexity index is 602. The molecule has 2 rings (SSSR count). The second kappa shape index (κ2) is 3.92. The van der Waals surface area contributed by atoms with Gasteiger partial charge in [0.05, 0.1) is 11.1 Å². The lowest BCUT2D eigenvalue weighted by atomic mass is 10.2. The number of halogens is 1. The zero-order valence-electron chi connectivity index (χ0n) is 8.46. The maximum atomic E-state index is 12.1. The first-order valence-electron chi connectivity index (χ1n) is 4.52. The Hall–Kier alpha value is -1.33. The van der Waals surface area contributed by atoms with Crippen LogP contribution in [0.4, 0.5) is 0 Å². The van der Waals surface area contributed by atoms with Crippen molar-refractivity contribution in [3.05, 3.63) is 47.5 Å². The van der Waals surface area contributed by atoms with Crippen molar-refractivity contribution in [1.29, 1.82) is 0 Å². The van der Waals surface area contributed by atoms with E-state index in [-0.39, 0.29) is 10.0 Å². The van der Waals surface area contributed by atoms with Gasteiger partial charge in [-0.3, -0.25) is 0 Å². The van der Waals surface area contributed by atoms with Crippen LogP contribution in [0.25, 0.3) is 0 Å². The molecule has 0 aliphatic heterocycles. The van der Waals surface area contributed by atoms with Gasteiger partial charge in [0, 0.05) is 0 Å². The van der Waals surface area contributed by atoms with E-state index in [0.29, 0.717) is 0 Å². The van der Waals surface area contributed by atoms with Crippen LogP contribution in [0.3, 0.4) is 0 Å². The Morgan fingerprint density at radius 3 is 2.38 bits per heavy atom. The maximum absolute atomic E-state index is 12.1. The summed E-state index contributed by atoms with van der Waals surface area (Å²) in [5.41, 5.74) is 0.996. The number of nitrogens with zero attached hydrogens (tertiary/aromatic N) is 2. The number of rotatable bonds is 2. The Kier molecular flexibility index (Phi) is 2.73. The first-order valence-corrected chi connectivity index (χ1v) is 6.34. The number of hydrogen-bond donors (Lipinski definition) is 0. The van der Waals surface area contributed by atoms with Crippen molar-refractivity contribution in [2.45, 2.75) is 11.8 Å². The molecule has 0 radical (unpaired) electrons. The first-order chi connectivity index (χ1) is 7.51. The van der Waals surface area contributed by atoms with Crippen LogP contribution in [-0.2, 0) is 10.0 Å². The van der Waals surface area contributed by atoms with E-state index in [1.807, 2.05) is 6.92 Å². The highest BCUT2D eigenvalue weighted by Gasteiger charge is 2.18. The number of benzene rings is 1. The maximum Gasteiger partial charge on any atom is 0.270 e. The zero-order valence-corrected chi connectivity index (χ0v) is 10.0. The van der Waals surface area contributed by atoms with Gasteiger partial charge in [-0.15, -0.1) is 0 Å². The summed E-state index contributed by atoms with van der Waals surface area (Å²) < 4.78 is 25.1. The van der Waals surface area contributed by atoms with Crippen LogP contribution in [0, 0.1) is 6.92 Å². The third-order valence-corrected chi connectivity index (χ3v) is 4.20. The zero-order chi connectivity index (χ0) is 11.8. The fourth-order valence-electron chi connectivity index (χ4n) is 1.27. The SMILES string of the molecule is Cc1ccc(S(=O)(=O)n2cncc2Cl)cc1. The van der Waals surface area contributed by atoms with Crippen molar-refractivity contribution in [1.82, 2.24) is 8.96 Å². The number of imidazole rings is 1. The van der Waals surface area contributed by atoms with Crippen LogP contribution < -0.4 is 0 Å². The smallest absolute Gasteiger partial charge is 0.242 e. The second-order valence-corrected chi connectivity index (χ2v) is 5.53. The number of hydrogen-bond acceptors (Lipinski definition) is 3. The normalized spacial score (nSPS) is 11.6. The Labute approximate surface area is 98.6 Å². The molecule has 84 valence electrons. The summed E-state index contributed by atoms with van der Waals surface area (Å²) in [5.74, 6) is 0. The van der Waals surface area contributed by atoms with Crippen molar-refractivity contribution in [3.8, 4) is 0 Å². The van der Waals surface area contributed by atoms with Crippen molar-refractivity contribution in [2.75, 3.05) is 0 Å². The highest BCUT2D eigenvalue weighted by molar-refractivity contribution is 7.90. The molecule has 0 aliphatic rings. The molecule has 1 aromatic heterocycles. The summed E-state index contributed by atoms with van der Waals surface area (Å²) in [7, 11) is -3.62. The largest absolute Gasteiger partial charge is 0.270 e. The van der Waals surface area contributed by atoms with Crippen molar-refractivity contribution in [2.24, 2.45) is 0 Å². The van der Waals surface area contributed by atoms with Crippen LogP contribution in [0.2, 0.25) is 5.15 Å². The van der Waals surface area contributed by atoms with Crippen LogP contribution in [0.1, 0.15) is 5.56 Å². The van der Waals surface area contributed by atoms with E-state index in [9.17, 15) is 8.42 Å². The van der Waals surface area contributed by atoms with Gasteiger partial charge in [-0.2, -0.15) is 0 Å². The van der Waals surface area contributed by atoms with Gasteiger partial charge >= 0.3 is 0 Å². The minimum Gasteiger partial charge on any atom is -0.242 e. The van der Waals surface area contributed by atoms with E-state index >= 15 is 0 Å². The minimum absolute atomic E-state index is 0.0700. The molecule has 16 heavy (non-hydrogen) atoms.